The Kier molecular flexibility index (Phi) is 3.78. The fraction of sp³-hybridized carbons (Fsp3) is 0.375. The highest BCUT2D eigenvalue weighted by molar-refractivity contribution is 7.13. The van der Waals surface area contributed by atoms with Crippen molar-refractivity contribution in [1.29, 1.82) is 0 Å². The Morgan fingerprint density at radius 1 is 1.23 bits per heavy atom. The molecular weight excluding hydrogens is 294 g/mol. The van der Waals surface area contributed by atoms with Crippen LogP contribution in [0.3, 0.4) is 0 Å². The molecule has 0 amide bonds. The molecule has 4 rings (SSSR count). The van der Waals surface area contributed by atoms with Crippen LogP contribution in [0.25, 0.3) is 10.6 Å². The van der Waals surface area contributed by atoms with Crippen LogP contribution in [0.15, 0.2) is 36.0 Å². The minimum Gasteiger partial charge on any atom is -0.290 e. The number of thiophene rings is 1. The van der Waals surface area contributed by atoms with E-state index in [1.165, 1.54) is 35.4 Å². The summed E-state index contributed by atoms with van der Waals surface area (Å²) in [7, 11) is 0. The highest BCUT2D eigenvalue weighted by Gasteiger charge is 2.26. The van der Waals surface area contributed by atoms with Crippen molar-refractivity contribution in [3.05, 3.63) is 47.2 Å². The Balaban J connectivity index is 1.58. The third kappa shape index (κ3) is 2.60. The third-order valence-electron chi connectivity index (χ3n) is 4.35. The molecule has 1 aliphatic rings. The van der Waals surface area contributed by atoms with Crippen LogP contribution in [-0.2, 0) is 6.54 Å². The van der Waals surface area contributed by atoms with Crippen LogP contribution in [0, 0.1) is 0 Å². The molecule has 0 saturated carbocycles. The zero-order chi connectivity index (χ0) is 14.8. The molecule has 0 aromatic carbocycles. The van der Waals surface area contributed by atoms with Crippen molar-refractivity contribution >= 4 is 11.3 Å². The summed E-state index contributed by atoms with van der Waals surface area (Å²) in [6, 6.07) is 6.75. The Labute approximate surface area is 133 Å². The van der Waals surface area contributed by atoms with E-state index in [2.05, 4.69) is 48.9 Å². The molecule has 0 radical (unpaired) electrons. The van der Waals surface area contributed by atoms with E-state index in [0.717, 1.165) is 18.8 Å². The van der Waals surface area contributed by atoms with E-state index < -0.39 is 0 Å². The van der Waals surface area contributed by atoms with E-state index in [0.29, 0.717) is 6.04 Å². The van der Waals surface area contributed by atoms with Crippen molar-refractivity contribution < 1.29 is 0 Å². The number of H-pyrrole nitrogens is 2. The minimum absolute atomic E-state index is 0.433. The largest absolute Gasteiger partial charge is 0.290 e. The Hall–Kier alpha value is -1.92. The Bertz CT molecular complexity index is 701. The molecule has 4 heterocycles. The van der Waals surface area contributed by atoms with Gasteiger partial charge >= 0.3 is 0 Å². The van der Waals surface area contributed by atoms with Gasteiger partial charge in [0.1, 0.15) is 0 Å². The molecule has 22 heavy (non-hydrogen) atoms. The van der Waals surface area contributed by atoms with Crippen LogP contribution in [0.4, 0.5) is 0 Å². The molecule has 0 unspecified atom stereocenters. The quantitative estimate of drug-likeness (QED) is 0.774. The van der Waals surface area contributed by atoms with E-state index in [-0.39, 0.29) is 0 Å². The van der Waals surface area contributed by atoms with Gasteiger partial charge in [0.25, 0.3) is 0 Å². The summed E-state index contributed by atoms with van der Waals surface area (Å²) in [4.78, 5) is 3.79. The fourth-order valence-electron chi connectivity index (χ4n) is 3.27. The number of rotatable bonds is 4. The lowest BCUT2D eigenvalue weighted by atomic mass is 9.98. The van der Waals surface area contributed by atoms with Gasteiger partial charge in [0.2, 0.25) is 0 Å². The molecule has 0 spiro atoms. The molecule has 0 aliphatic carbocycles. The van der Waals surface area contributed by atoms with Crippen LogP contribution < -0.4 is 0 Å². The van der Waals surface area contributed by atoms with Gasteiger partial charge < -0.3 is 0 Å². The predicted molar refractivity (Wildman–Crippen MR) is 87.5 cm³/mol. The number of nitrogens with zero attached hydrogens (tertiary/aromatic N) is 3. The van der Waals surface area contributed by atoms with Crippen molar-refractivity contribution in [3.63, 3.8) is 0 Å². The Morgan fingerprint density at radius 3 is 3.05 bits per heavy atom. The number of piperidine rings is 1. The van der Waals surface area contributed by atoms with Gasteiger partial charge in [0.05, 0.1) is 28.5 Å². The molecule has 1 atom stereocenters. The lowest BCUT2D eigenvalue weighted by Crippen LogP contribution is -2.33. The number of likely N-dealkylation sites (tertiary alicyclic amines) is 1. The van der Waals surface area contributed by atoms with Gasteiger partial charge in [0.15, 0.2) is 0 Å². The molecule has 1 saturated heterocycles. The average molecular weight is 313 g/mol. The summed E-state index contributed by atoms with van der Waals surface area (Å²) in [5, 5.41) is 16.8. The summed E-state index contributed by atoms with van der Waals surface area (Å²) in [6.45, 7) is 2.05. The fourth-order valence-corrected chi connectivity index (χ4v) is 4.02. The molecule has 114 valence electrons. The van der Waals surface area contributed by atoms with Crippen LogP contribution in [0.1, 0.15) is 36.6 Å². The van der Waals surface area contributed by atoms with Crippen LogP contribution in [0.2, 0.25) is 0 Å². The van der Waals surface area contributed by atoms with Gasteiger partial charge in [-0.3, -0.25) is 15.1 Å². The summed E-state index contributed by atoms with van der Waals surface area (Å²) in [5.41, 5.74) is 3.65. The van der Waals surface area contributed by atoms with Gasteiger partial charge in [-0.1, -0.05) is 12.5 Å². The van der Waals surface area contributed by atoms with Gasteiger partial charge in [-0.05, 0) is 36.9 Å². The van der Waals surface area contributed by atoms with E-state index in [1.807, 2.05) is 12.4 Å². The molecular formula is C16H19N5S. The second-order valence-corrected chi connectivity index (χ2v) is 6.69. The lowest BCUT2D eigenvalue weighted by Gasteiger charge is -2.34. The highest BCUT2D eigenvalue weighted by Crippen LogP contribution is 2.33. The van der Waals surface area contributed by atoms with Crippen molar-refractivity contribution in [1.82, 2.24) is 25.3 Å². The maximum atomic E-state index is 4.27. The van der Waals surface area contributed by atoms with Crippen molar-refractivity contribution in [2.75, 3.05) is 6.54 Å². The van der Waals surface area contributed by atoms with E-state index in [4.69, 9.17) is 0 Å². The number of hydrogen-bond donors (Lipinski definition) is 2. The van der Waals surface area contributed by atoms with Crippen molar-refractivity contribution in [2.24, 2.45) is 0 Å². The van der Waals surface area contributed by atoms with E-state index >= 15 is 0 Å². The first kappa shape index (κ1) is 13.7. The van der Waals surface area contributed by atoms with Gasteiger partial charge in [-0.25, -0.2) is 0 Å². The zero-order valence-electron chi connectivity index (χ0n) is 12.3. The molecule has 1 aliphatic heterocycles. The zero-order valence-corrected chi connectivity index (χ0v) is 13.1. The average Bonchev–Trinajstić information content (AvgIpc) is 3.30. The monoisotopic (exact) mass is 313 g/mol. The minimum atomic E-state index is 0.433. The molecule has 0 bridgehead atoms. The van der Waals surface area contributed by atoms with Crippen molar-refractivity contribution in [2.45, 2.75) is 31.8 Å². The van der Waals surface area contributed by atoms with E-state index in [9.17, 15) is 0 Å². The first-order valence-electron chi connectivity index (χ1n) is 7.71. The van der Waals surface area contributed by atoms with Gasteiger partial charge in [0, 0.05) is 18.3 Å². The third-order valence-corrected chi connectivity index (χ3v) is 5.24. The molecule has 2 N–H and O–H groups in total. The summed E-state index contributed by atoms with van der Waals surface area (Å²) in [6.07, 6.45) is 7.54. The van der Waals surface area contributed by atoms with E-state index in [1.54, 1.807) is 11.3 Å². The second-order valence-electron chi connectivity index (χ2n) is 5.74. The number of hydrogen-bond acceptors (Lipinski definition) is 4. The normalized spacial score (nSPS) is 19.5. The van der Waals surface area contributed by atoms with Crippen LogP contribution in [-0.4, -0.2) is 31.8 Å². The molecule has 1 fully saturated rings. The first-order chi connectivity index (χ1) is 10.9. The molecule has 5 nitrogen and oxygen atoms in total. The number of nitrogens with one attached hydrogen (secondary N) is 2. The molecule has 6 heteroatoms. The maximum absolute atomic E-state index is 4.27. The first-order valence-corrected chi connectivity index (χ1v) is 8.59. The molecule has 3 aromatic rings. The SMILES string of the molecule is c1csc(-c2[nH]ncc2CN2CCCC[C@H]2c2ccn[nH]2)c1. The Morgan fingerprint density at radius 2 is 2.23 bits per heavy atom. The second kappa shape index (κ2) is 6.06. The van der Waals surface area contributed by atoms with Gasteiger partial charge in [-0.15, -0.1) is 11.3 Å². The molecule has 3 aromatic heterocycles. The summed E-state index contributed by atoms with van der Waals surface area (Å²) < 4.78 is 0. The highest BCUT2D eigenvalue weighted by atomic mass is 32.1. The topological polar surface area (TPSA) is 60.6 Å². The smallest absolute Gasteiger partial charge is 0.0794 e. The maximum Gasteiger partial charge on any atom is 0.0794 e. The van der Waals surface area contributed by atoms with Crippen LogP contribution >= 0.6 is 11.3 Å². The summed E-state index contributed by atoms with van der Waals surface area (Å²) in [5.74, 6) is 0. The number of aromatic amines is 2. The van der Waals surface area contributed by atoms with Crippen molar-refractivity contribution in [3.8, 4) is 10.6 Å². The standard InChI is InChI=1S/C16H19N5S/c1-2-8-21(14(4-1)13-6-7-17-19-13)11-12-10-18-20-16(12)15-5-3-9-22-15/h3,5-7,9-10,14H,1-2,4,8,11H2,(H,17,19)(H,18,20)/t14-/m0/s1. The number of aromatic nitrogens is 4. The van der Waals surface area contributed by atoms with Gasteiger partial charge in [-0.2, -0.15) is 10.2 Å². The lowest BCUT2D eigenvalue weighted by molar-refractivity contribution is 0.137. The summed E-state index contributed by atoms with van der Waals surface area (Å²) >= 11 is 1.75. The predicted octanol–water partition coefficient (Wildman–Crippen LogP) is 3.59. The van der Waals surface area contributed by atoms with Crippen LogP contribution in [0.5, 0.6) is 0 Å².